The number of nitrogens with zero attached hydrogens (tertiary/aromatic N) is 2. The Balaban J connectivity index is 1.53. The fourth-order valence-corrected chi connectivity index (χ4v) is 5.74. The Hall–Kier alpha value is -0.160. The van der Waals surface area contributed by atoms with Crippen LogP contribution in [0, 0.1) is 11.8 Å². The van der Waals surface area contributed by atoms with Gasteiger partial charge < -0.3 is 4.74 Å². The van der Waals surface area contributed by atoms with Gasteiger partial charge in [0.15, 0.2) is 0 Å². The van der Waals surface area contributed by atoms with Crippen molar-refractivity contribution in [3.8, 4) is 0 Å². The fraction of sp³-hybridized carbons (Fsp3) is 1.00. The third-order valence-corrected chi connectivity index (χ3v) is 7.04. The molecule has 6 unspecified atom stereocenters. The van der Waals surface area contributed by atoms with E-state index in [1.54, 1.807) is 0 Å². The van der Waals surface area contributed by atoms with Crippen molar-refractivity contribution in [2.75, 3.05) is 19.6 Å². The van der Waals surface area contributed by atoms with E-state index in [-0.39, 0.29) is 11.2 Å². The molecule has 0 aliphatic carbocycles. The lowest BCUT2D eigenvalue weighted by molar-refractivity contribution is -0.000939. The van der Waals surface area contributed by atoms with Gasteiger partial charge in [0.1, 0.15) is 12.3 Å². The summed E-state index contributed by atoms with van der Waals surface area (Å²) in [6.07, 6.45) is 6.08. The van der Waals surface area contributed by atoms with Crippen LogP contribution in [0.25, 0.3) is 0 Å². The Kier molecular flexibility index (Phi) is 3.84. The summed E-state index contributed by atoms with van der Waals surface area (Å²) in [7, 11) is 0. The molecule has 4 heterocycles. The molecule has 4 rings (SSSR count). The average molecular weight is 322 g/mol. The maximum Gasteiger partial charge on any atom is 0.139 e. The van der Waals surface area contributed by atoms with Crippen LogP contribution in [-0.4, -0.2) is 59.0 Å². The van der Waals surface area contributed by atoms with Crippen LogP contribution in [0.15, 0.2) is 0 Å². The molecule has 0 aromatic rings. The quantitative estimate of drug-likeness (QED) is 0.792. The third-order valence-electron chi connectivity index (χ3n) is 7.04. The molecular formula is C19H35N3O. The highest BCUT2D eigenvalue weighted by Crippen LogP contribution is 2.48. The summed E-state index contributed by atoms with van der Waals surface area (Å²) in [5.74, 6) is 1.56. The SMILES string of the molecule is CC1CN2C(C3OC3N3CCCCC3)C(C)(C)NC2(C)CC1C. The van der Waals surface area contributed by atoms with Gasteiger partial charge in [-0.15, -0.1) is 0 Å². The van der Waals surface area contributed by atoms with Crippen LogP contribution in [0.3, 0.4) is 0 Å². The molecule has 0 spiro atoms. The first-order chi connectivity index (χ1) is 10.8. The topological polar surface area (TPSA) is 31.0 Å². The summed E-state index contributed by atoms with van der Waals surface area (Å²) in [4.78, 5) is 5.35. The Morgan fingerprint density at radius 2 is 1.70 bits per heavy atom. The number of hydrogen-bond donors (Lipinski definition) is 1. The van der Waals surface area contributed by atoms with Crippen molar-refractivity contribution in [1.29, 1.82) is 0 Å². The van der Waals surface area contributed by atoms with Gasteiger partial charge in [0.25, 0.3) is 0 Å². The third kappa shape index (κ3) is 2.66. The molecule has 4 nitrogen and oxygen atoms in total. The lowest BCUT2D eigenvalue weighted by Gasteiger charge is -2.47. The minimum absolute atomic E-state index is 0.119. The molecule has 0 aromatic heterocycles. The molecule has 6 atom stereocenters. The summed E-state index contributed by atoms with van der Waals surface area (Å²) in [6.45, 7) is 15.7. The van der Waals surface area contributed by atoms with Gasteiger partial charge in [-0.3, -0.25) is 15.1 Å². The van der Waals surface area contributed by atoms with E-state index in [0.29, 0.717) is 18.4 Å². The van der Waals surface area contributed by atoms with Crippen molar-refractivity contribution in [3.63, 3.8) is 0 Å². The minimum atomic E-state index is 0.119. The smallest absolute Gasteiger partial charge is 0.139 e. The van der Waals surface area contributed by atoms with Crippen LogP contribution in [0.5, 0.6) is 0 Å². The summed E-state index contributed by atoms with van der Waals surface area (Å²) >= 11 is 0. The maximum absolute atomic E-state index is 6.28. The van der Waals surface area contributed by atoms with E-state index in [9.17, 15) is 0 Å². The van der Waals surface area contributed by atoms with E-state index in [1.807, 2.05) is 0 Å². The van der Waals surface area contributed by atoms with Crippen molar-refractivity contribution in [3.05, 3.63) is 0 Å². The maximum atomic E-state index is 6.28. The zero-order valence-electron chi connectivity index (χ0n) is 15.6. The molecule has 4 aliphatic rings. The number of nitrogens with one attached hydrogen (secondary N) is 1. The molecule has 0 bridgehead atoms. The van der Waals surface area contributed by atoms with Gasteiger partial charge in [0.05, 0.1) is 11.7 Å². The van der Waals surface area contributed by atoms with E-state index in [4.69, 9.17) is 4.74 Å². The Morgan fingerprint density at radius 3 is 2.39 bits per heavy atom. The zero-order valence-corrected chi connectivity index (χ0v) is 15.6. The zero-order chi connectivity index (χ0) is 16.4. The molecule has 0 radical (unpaired) electrons. The van der Waals surface area contributed by atoms with E-state index < -0.39 is 0 Å². The highest BCUT2D eigenvalue weighted by Gasteiger charge is 2.63. The number of epoxide rings is 1. The van der Waals surface area contributed by atoms with E-state index in [0.717, 1.165) is 11.8 Å². The molecule has 0 amide bonds. The van der Waals surface area contributed by atoms with Crippen LogP contribution >= 0.6 is 0 Å². The second-order valence-electron chi connectivity index (χ2n) is 9.46. The van der Waals surface area contributed by atoms with Crippen LogP contribution in [-0.2, 0) is 4.74 Å². The lowest BCUT2D eigenvalue weighted by Crippen LogP contribution is -2.58. The van der Waals surface area contributed by atoms with Gasteiger partial charge in [-0.1, -0.05) is 20.3 Å². The summed E-state index contributed by atoms with van der Waals surface area (Å²) in [5, 5.41) is 3.98. The van der Waals surface area contributed by atoms with E-state index >= 15 is 0 Å². The number of piperidine rings is 2. The van der Waals surface area contributed by atoms with Crippen LogP contribution in [0.2, 0.25) is 0 Å². The highest BCUT2D eigenvalue weighted by atomic mass is 16.6. The molecular weight excluding hydrogens is 286 g/mol. The first-order valence-corrected chi connectivity index (χ1v) is 9.77. The van der Waals surface area contributed by atoms with E-state index in [1.165, 1.54) is 45.3 Å². The first-order valence-electron chi connectivity index (χ1n) is 9.77. The monoisotopic (exact) mass is 321 g/mol. The van der Waals surface area contributed by atoms with Crippen molar-refractivity contribution in [2.45, 2.75) is 89.9 Å². The largest absolute Gasteiger partial charge is 0.351 e. The van der Waals surface area contributed by atoms with Gasteiger partial charge in [0, 0.05) is 25.2 Å². The predicted octanol–water partition coefficient (Wildman–Crippen LogP) is 2.64. The van der Waals surface area contributed by atoms with Gasteiger partial charge in [-0.05, 0) is 51.9 Å². The van der Waals surface area contributed by atoms with Crippen LogP contribution in [0.4, 0.5) is 0 Å². The summed E-state index contributed by atoms with van der Waals surface area (Å²) in [6, 6.07) is 0.495. The molecule has 0 aromatic carbocycles. The predicted molar refractivity (Wildman–Crippen MR) is 93.1 cm³/mol. The second kappa shape index (κ2) is 5.42. The van der Waals surface area contributed by atoms with Gasteiger partial charge in [-0.25, -0.2) is 0 Å². The number of hydrogen-bond acceptors (Lipinski definition) is 4. The fourth-order valence-electron chi connectivity index (χ4n) is 5.74. The van der Waals surface area contributed by atoms with E-state index in [2.05, 4.69) is 49.7 Å². The molecule has 1 N–H and O–H groups in total. The molecule has 0 saturated carbocycles. The average Bonchev–Trinajstić information content (AvgIpc) is 3.21. The first kappa shape index (κ1) is 16.3. The Morgan fingerprint density at radius 1 is 1.00 bits per heavy atom. The standard InChI is InChI=1S/C19H35N3O/c1-13-11-19(5)20-18(3,4)16(22(19)12-14(13)2)15-17(23-15)21-9-7-6-8-10-21/h13-17,20H,6-12H2,1-5H3. The van der Waals surface area contributed by atoms with Crippen molar-refractivity contribution >= 4 is 0 Å². The highest BCUT2D eigenvalue weighted by molar-refractivity contribution is 5.17. The number of ether oxygens (including phenoxy) is 1. The minimum Gasteiger partial charge on any atom is -0.351 e. The Labute approximate surface area is 141 Å². The van der Waals surface area contributed by atoms with Crippen molar-refractivity contribution in [1.82, 2.24) is 15.1 Å². The van der Waals surface area contributed by atoms with Crippen LogP contribution < -0.4 is 5.32 Å². The molecule has 4 fully saturated rings. The summed E-state index contributed by atoms with van der Waals surface area (Å²) in [5.41, 5.74) is 0.256. The second-order valence-corrected chi connectivity index (χ2v) is 9.46. The molecule has 23 heavy (non-hydrogen) atoms. The number of likely N-dealkylation sites (tertiary alicyclic amines) is 1. The molecule has 4 aliphatic heterocycles. The molecule has 4 saturated heterocycles. The summed E-state index contributed by atoms with van der Waals surface area (Å²) < 4.78 is 6.28. The lowest BCUT2D eigenvalue weighted by atomic mass is 9.81. The normalized spacial score (nSPS) is 50.7. The molecule has 132 valence electrons. The molecule has 4 heteroatoms. The number of rotatable bonds is 2. The van der Waals surface area contributed by atoms with Gasteiger partial charge >= 0.3 is 0 Å². The van der Waals surface area contributed by atoms with Gasteiger partial charge in [-0.2, -0.15) is 0 Å². The Bertz CT molecular complexity index is 462. The van der Waals surface area contributed by atoms with Gasteiger partial charge in [0.2, 0.25) is 0 Å². The van der Waals surface area contributed by atoms with Crippen molar-refractivity contribution in [2.24, 2.45) is 11.8 Å². The number of fused-ring (bicyclic) bond motifs is 1. The van der Waals surface area contributed by atoms with Crippen molar-refractivity contribution < 1.29 is 4.74 Å². The van der Waals surface area contributed by atoms with Crippen LogP contribution in [0.1, 0.15) is 60.3 Å².